The van der Waals surface area contributed by atoms with Gasteiger partial charge in [-0.3, -0.25) is 15.0 Å². The zero-order valence-electron chi connectivity index (χ0n) is 16.3. The fraction of sp³-hybridized carbons (Fsp3) is 0.333. The second kappa shape index (κ2) is 8.40. The molecular formula is C21H23N5O3. The Bertz CT molecular complexity index is 978. The highest BCUT2D eigenvalue weighted by molar-refractivity contribution is 5.63. The summed E-state index contributed by atoms with van der Waals surface area (Å²) in [6.45, 7) is 5.67. The number of aryl methyl sites for hydroxylation is 1. The fourth-order valence-electron chi connectivity index (χ4n) is 3.55. The lowest BCUT2D eigenvalue weighted by molar-refractivity contribution is -0.384. The number of nitro groups is 1. The summed E-state index contributed by atoms with van der Waals surface area (Å²) in [5, 5.41) is 15.4. The zero-order valence-corrected chi connectivity index (χ0v) is 16.3. The van der Waals surface area contributed by atoms with Crippen molar-refractivity contribution in [1.82, 2.24) is 15.0 Å². The minimum absolute atomic E-state index is 0.150. The molecule has 0 spiro atoms. The molecule has 2 heterocycles. The monoisotopic (exact) mass is 393 g/mol. The first-order valence-electron chi connectivity index (χ1n) is 9.76. The highest BCUT2D eigenvalue weighted by Crippen LogP contribution is 2.28. The Hall–Kier alpha value is -3.26. The van der Waals surface area contributed by atoms with Crippen molar-refractivity contribution in [2.75, 3.05) is 31.1 Å². The summed E-state index contributed by atoms with van der Waals surface area (Å²) < 4.78 is 5.43. The highest BCUT2D eigenvalue weighted by atomic mass is 16.6. The van der Waals surface area contributed by atoms with Gasteiger partial charge >= 0.3 is 0 Å². The van der Waals surface area contributed by atoms with E-state index in [1.54, 1.807) is 12.1 Å². The molecule has 1 fully saturated rings. The van der Waals surface area contributed by atoms with Crippen molar-refractivity contribution in [3.05, 3.63) is 70.1 Å². The van der Waals surface area contributed by atoms with Gasteiger partial charge in [0.15, 0.2) is 0 Å². The molecule has 29 heavy (non-hydrogen) atoms. The number of benzene rings is 2. The van der Waals surface area contributed by atoms with E-state index in [0.29, 0.717) is 37.0 Å². The zero-order chi connectivity index (χ0) is 20.2. The Balaban J connectivity index is 1.37. The van der Waals surface area contributed by atoms with Gasteiger partial charge in [0.25, 0.3) is 5.69 Å². The van der Waals surface area contributed by atoms with E-state index >= 15 is 0 Å². The molecule has 0 N–H and O–H groups in total. The standard InChI is InChI=1S/C21H23N5O3/c1-2-16-7-9-17(10-8-16)21-22-20(29-23-21)15-24-11-13-25(14-12-24)18-5-3-4-6-19(18)26(27)28/h3-10H,2,11-15H2,1H3. The van der Waals surface area contributed by atoms with Gasteiger partial charge in [-0.15, -0.1) is 0 Å². The van der Waals surface area contributed by atoms with E-state index in [0.717, 1.165) is 25.1 Å². The Morgan fingerprint density at radius 2 is 1.79 bits per heavy atom. The number of piperazine rings is 1. The topological polar surface area (TPSA) is 88.5 Å². The molecule has 0 radical (unpaired) electrons. The molecule has 0 bridgehead atoms. The molecule has 0 saturated carbocycles. The van der Waals surface area contributed by atoms with Gasteiger partial charge in [-0.25, -0.2) is 0 Å². The molecule has 0 atom stereocenters. The van der Waals surface area contributed by atoms with Gasteiger partial charge in [-0.1, -0.05) is 48.5 Å². The van der Waals surface area contributed by atoms with Crippen LogP contribution in [0, 0.1) is 10.1 Å². The Kier molecular flexibility index (Phi) is 5.53. The van der Waals surface area contributed by atoms with Crippen molar-refractivity contribution >= 4 is 11.4 Å². The van der Waals surface area contributed by atoms with Crippen LogP contribution in [0.3, 0.4) is 0 Å². The van der Waals surface area contributed by atoms with Crippen molar-refractivity contribution in [1.29, 1.82) is 0 Å². The molecule has 4 rings (SSSR count). The number of hydrogen-bond acceptors (Lipinski definition) is 7. The van der Waals surface area contributed by atoms with Crippen LogP contribution in [0.15, 0.2) is 53.1 Å². The summed E-state index contributed by atoms with van der Waals surface area (Å²) in [7, 11) is 0. The summed E-state index contributed by atoms with van der Waals surface area (Å²) >= 11 is 0. The average molecular weight is 393 g/mol. The van der Waals surface area contributed by atoms with Gasteiger partial charge in [0.05, 0.1) is 11.5 Å². The molecule has 8 nitrogen and oxygen atoms in total. The minimum Gasteiger partial charge on any atom is -0.363 e. The van der Waals surface area contributed by atoms with Gasteiger partial charge in [0.2, 0.25) is 11.7 Å². The fourth-order valence-corrected chi connectivity index (χ4v) is 3.55. The predicted octanol–water partition coefficient (Wildman–Crippen LogP) is 3.53. The Labute approximate surface area is 168 Å². The molecule has 8 heteroatoms. The highest BCUT2D eigenvalue weighted by Gasteiger charge is 2.24. The number of anilines is 1. The lowest BCUT2D eigenvalue weighted by Gasteiger charge is -2.35. The van der Waals surface area contributed by atoms with Crippen LogP contribution >= 0.6 is 0 Å². The Morgan fingerprint density at radius 1 is 1.07 bits per heavy atom. The van der Waals surface area contributed by atoms with Crippen molar-refractivity contribution in [3.8, 4) is 11.4 Å². The molecule has 3 aromatic rings. The number of nitro benzene ring substituents is 1. The van der Waals surface area contributed by atoms with E-state index in [1.165, 1.54) is 5.56 Å². The van der Waals surface area contributed by atoms with Gasteiger partial charge in [0.1, 0.15) is 5.69 Å². The van der Waals surface area contributed by atoms with E-state index in [2.05, 4.69) is 39.0 Å². The van der Waals surface area contributed by atoms with Crippen LogP contribution < -0.4 is 4.90 Å². The lowest BCUT2D eigenvalue weighted by atomic mass is 10.1. The van der Waals surface area contributed by atoms with Crippen molar-refractivity contribution in [2.24, 2.45) is 0 Å². The summed E-state index contributed by atoms with van der Waals surface area (Å²) in [6, 6.07) is 15.1. The van der Waals surface area contributed by atoms with Crippen molar-refractivity contribution in [2.45, 2.75) is 19.9 Å². The van der Waals surface area contributed by atoms with Gasteiger partial charge in [-0.2, -0.15) is 4.98 Å². The van der Waals surface area contributed by atoms with E-state index in [1.807, 2.05) is 24.3 Å². The number of para-hydroxylation sites is 2. The van der Waals surface area contributed by atoms with Crippen LogP contribution in [-0.4, -0.2) is 46.1 Å². The second-order valence-electron chi connectivity index (χ2n) is 7.07. The van der Waals surface area contributed by atoms with E-state index in [4.69, 9.17) is 4.52 Å². The molecule has 1 saturated heterocycles. The largest absolute Gasteiger partial charge is 0.363 e. The van der Waals surface area contributed by atoms with E-state index in [-0.39, 0.29) is 10.6 Å². The van der Waals surface area contributed by atoms with Crippen LogP contribution in [0.25, 0.3) is 11.4 Å². The van der Waals surface area contributed by atoms with Gasteiger partial charge in [0, 0.05) is 37.8 Å². The maximum atomic E-state index is 11.3. The first-order valence-corrected chi connectivity index (χ1v) is 9.76. The Morgan fingerprint density at radius 3 is 2.48 bits per heavy atom. The van der Waals surface area contributed by atoms with Crippen molar-refractivity contribution in [3.63, 3.8) is 0 Å². The van der Waals surface area contributed by atoms with Crippen LogP contribution in [0.2, 0.25) is 0 Å². The molecule has 1 aromatic heterocycles. The van der Waals surface area contributed by atoms with E-state index < -0.39 is 0 Å². The minimum atomic E-state index is -0.325. The van der Waals surface area contributed by atoms with Gasteiger partial charge < -0.3 is 9.42 Å². The first kappa shape index (κ1) is 19.1. The molecule has 0 amide bonds. The predicted molar refractivity (Wildman–Crippen MR) is 110 cm³/mol. The van der Waals surface area contributed by atoms with E-state index in [9.17, 15) is 10.1 Å². The summed E-state index contributed by atoms with van der Waals surface area (Å²) in [5.41, 5.74) is 3.04. The van der Waals surface area contributed by atoms with Crippen LogP contribution in [-0.2, 0) is 13.0 Å². The third-order valence-electron chi connectivity index (χ3n) is 5.24. The SMILES string of the molecule is CCc1ccc(-c2noc(CN3CCN(c4ccccc4[N+](=O)[O-])CC3)n2)cc1. The summed E-state index contributed by atoms with van der Waals surface area (Å²) in [6.07, 6.45) is 0.996. The number of aromatic nitrogens is 2. The molecule has 2 aromatic carbocycles. The lowest BCUT2D eigenvalue weighted by Crippen LogP contribution is -2.46. The van der Waals surface area contributed by atoms with Crippen LogP contribution in [0.1, 0.15) is 18.4 Å². The molecule has 0 unspecified atom stereocenters. The van der Waals surface area contributed by atoms with Crippen LogP contribution in [0.4, 0.5) is 11.4 Å². The third kappa shape index (κ3) is 4.27. The number of rotatable bonds is 6. The maximum absolute atomic E-state index is 11.3. The van der Waals surface area contributed by atoms with Crippen molar-refractivity contribution < 1.29 is 9.45 Å². The molecule has 0 aliphatic carbocycles. The third-order valence-corrected chi connectivity index (χ3v) is 5.24. The smallest absolute Gasteiger partial charge is 0.292 e. The number of nitrogens with zero attached hydrogens (tertiary/aromatic N) is 5. The molecule has 1 aliphatic rings. The molecule has 1 aliphatic heterocycles. The maximum Gasteiger partial charge on any atom is 0.292 e. The average Bonchev–Trinajstić information content (AvgIpc) is 3.23. The second-order valence-corrected chi connectivity index (χ2v) is 7.07. The number of hydrogen-bond donors (Lipinski definition) is 0. The normalized spacial score (nSPS) is 14.9. The van der Waals surface area contributed by atoms with Crippen LogP contribution in [0.5, 0.6) is 0 Å². The molecule has 150 valence electrons. The first-order chi connectivity index (χ1) is 14.1. The summed E-state index contributed by atoms with van der Waals surface area (Å²) in [5.74, 6) is 1.18. The van der Waals surface area contributed by atoms with Gasteiger partial charge in [-0.05, 0) is 18.1 Å². The molecular weight excluding hydrogens is 370 g/mol. The summed E-state index contributed by atoms with van der Waals surface area (Å²) in [4.78, 5) is 19.7. The quantitative estimate of drug-likeness (QED) is 0.467.